The lowest BCUT2D eigenvalue weighted by Gasteiger charge is -2.27. The number of ether oxygens (including phenoxy) is 1. The van der Waals surface area contributed by atoms with Gasteiger partial charge < -0.3 is 15.0 Å². The number of amides is 2. The maximum atomic E-state index is 14.3. The summed E-state index contributed by atoms with van der Waals surface area (Å²) < 4.78 is 5.49. The van der Waals surface area contributed by atoms with Crippen LogP contribution in [0.5, 0.6) is 5.75 Å². The lowest BCUT2D eigenvalue weighted by molar-refractivity contribution is 0.256. The largest absolute Gasteiger partial charge is 0.497 e. The number of nitrogens with one attached hydrogen (secondary N) is 2. The molecule has 4 aromatic rings. The van der Waals surface area contributed by atoms with E-state index in [1.54, 1.807) is 24.3 Å². The second kappa shape index (κ2) is 16.3. The second-order valence-corrected chi connectivity index (χ2v) is 12.6. The third-order valence-corrected chi connectivity index (χ3v) is 8.45. The van der Waals surface area contributed by atoms with Crippen LogP contribution in [-0.2, 0) is 0 Å². The fraction of sp³-hybridized carbons (Fsp3) is 0.447. The molecule has 0 fully saturated rings. The van der Waals surface area contributed by atoms with Gasteiger partial charge in [-0.1, -0.05) is 91.7 Å². The number of aromatic amines is 1. The van der Waals surface area contributed by atoms with Crippen LogP contribution in [0.25, 0.3) is 22.2 Å². The fourth-order valence-electron chi connectivity index (χ4n) is 5.85. The van der Waals surface area contributed by atoms with E-state index in [0.29, 0.717) is 17.9 Å². The van der Waals surface area contributed by atoms with E-state index in [9.17, 15) is 9.59 Å². The van der Waals surface area contributed by atoms with Crippen LogP contribution in [0.15, 0.2) is 65.6 Å². The highest BCUT2D eigenvalue weighted by Crippen LogP contribution is 2.38. The number of rotatable bonds is 15. The summed E-state index contributed by atoms with van der Waals surface area (Å²) in [6.07, 6.45) is 10.8. The number of unbranched alkanes of at least 4 members (excludes halogenated alkanes) is 7. The molecule has 2 aromatic heterocycles. The van der Waals surface area contributed by atoms with Gasteiger partial charge in [-0.15, -0.1) is 0 Å². The average Bonchev–Trinajstić information content (AvgIpc) is 3.03. The Balaban J connectivity index is 1.68. The third kappa shape index (κ3) is 8.74. The molecule has 0 aliphatic heterocycles. The summed E-state index contributed by atoms with van der Waals surface area (Å²) in [5.41, 5.74) is 5.58. The first-order chi connectivity index (χ1) is 21.7. The number of anilines is 2. The molecule has 0 aliphatic carbocycles. The number of hydrogen-bond acceptors (Lipinski definition) is 4. The van der Waals surface area contributed by atoms with Gasteiger partial charge in [0.25, 0.3) is 5.56 Å². The average molecular weight is 611 g/mol. The van der Waals surface area contributed by atoms with Gasteiger partial charge >= 0.3 is 6.03 Å². The summed E-state index contributed by atoms with van der Waals surface area (Å²) in [7, 11) is 1.67. The first kappa shape index (κ1) is 33.8. The third-order valence-electron chi connectivity index (χ3n) is 8.45. The zero-order valence-corrected chi connectivity index (χ0v) is 27.9. The summed E-state index contributed by atoms with van der Waals surface area (Å²) in [5.74, 6) is 1.11. The minimum atomic E-state index is -0.322. The highest BCUT2D eigenvalue weighted by molar-refractivity contribution is 6.03. The molecular weight excluding hydrogens is 560 g/mol. The van der Waals surface area contributed by atoms with Crippen molar-refractivity contribution in [2.24, 2.45) is 0 Å². The lowest BCUT2D eigenvalue weighted by Crippen LogP contribution is -2.39. The number of benzene rings is 2. The van der Waals surface area contributed by atoms with Crippen molar-refractivity contribution < 1.29 is 9.53 Å². The molecule has 0 aliphatic rings. The van der Waals surface area contributed by atoms with Gasteiger partial charge in [0.2, 0.25) is 0 Å². The molecule has 0 spiro atoms. The molecule has 4 rings (SSSR count). The standard InChI is InChI=1S/C38H50N4O3/c1-7-8-9-10-11-12-13-14-21-42(34-25-29-18-16-20-39-36(29)41-37(34)43)38(44)40-35-32(26(2)3)23-30(24-33(35)27(4)5)28-17-15-19-31(22-28)45-6/h15-20,22-27H,7-14,21H2,1-6H3,(H,40,44)(H,39,41,43). The monoisotopic (exact) mass is 610 g/mol. The summed E-state index contributed by atoms with van der Waals surface area (Å²) in [4.78, 5) is 36.4. The van der Waals surface area contributed by atoms with E-state index < -0.39 is 0 Å². The van der Waals surface area contributed by atoms with E-state index >= 15 is 0 Å². The van der Waals surface area contributed by atoms with Gasteiger partial charge in [-0.3, -0.25) is 9.69 Å². The van der Waals surface area contributed by atoms with Gasteiger partial charge in [0, 0.05) is 23.8 Å². The minimum absolute atomic E-state index is 0.152. The molecule has 0 bridgehead atoms. The number of nitrogens with zero attached hydrogens (tertiary/aromatic N) is 2. The molecule has 45 heavy (non-hydrogen) atoms. The Kier molecular flexibility index (Phi) is 12.2. The fourth-order valence-corrected chi connectivity index (χ4v) is 5.85. The molecule has 7 nitrogen and oxygen atoms in total. The Hall–Kier alpha value is -4.13. The van der Waals surface area contributed by atoms with Crippen molar-refractivity contribution in [1.29, 1.82) is 0 Å². The van der Waals surface area contributed by atoms with Crippen molar-refractivity contribution >= 4 is 28.4 Å². The van der Waals surface area contributed by atoms with E-state index in [1.165, 1.54) is 32.1 Å². The normalized spacial score (nSPS) is 11.4. The number of hydrogen-bond donors (Lipinski definition) is 2. The zero-order valence-electron chi connectivity index (χ0n) is 27.9. The SMILES string of the molecule is CCCCCCCCCCN(C(=O)Nc1c(C(C)C)cc(-c2cccc(OC)c2)cc1C(C)C)c1cc2cccnc2[nH]c1=O. The highest BCUT2D eigenvalue weighted by atomic mass is 16.5. The summed E-state index contributed by atoms with van der Waals surface area (Å²) in [6, 6.07) is 17.6. The quantitative estimate of drug-likeness (QED) is 0.131. The highest BCUT2D eigenvalue weighted by Gasteiger charge is 2.24. The summed E-state index contributed by atoms with van der Waals surface area (Å²) in [6.45, 7) is 11.3. The van der Waals surface area contributed by atoms with Crippen LogP contribution >= 0.6 is 0 Å². The smallest absolute Gasteiger partial charge is 0.326 e. The minimum Gasteiger partial charge on any atom is -0.497 e. The van der Waals surface area contributed by atoms with Crippen LogP contribution in [0.1, 0.15) is 109 Å². The topological polar surface area (TPSA) is 87.3 Å². The van der Waals surface area contributed by atoms with Crippen molar-refractivity contribution in [2.75, 3.05) is 23.9 Å². The maximum absolute atomic E-state index is 14.3. The van der Waals surface area contributed by atoms with Gasteiger partial charge in [-0.05, 0) is 83.0 Å². The molecule has 2 amide bonds. The number of carbonyl (C=O) groups excluding carboxylic acids is 1. The molecule has 0 atom stereocenters. The Morgan fingerprint density at radius 1 is 0.867 bits per heavy atom. The predicted molar refractivity (Wildman–Crippen MR) is 188 cm³/mol. The van der Waals surface area contributed by atoms with E-state index in [0.717, 1.165) is 58.3 Å². The Labute approximate surface area is 268 Å². The van der Waals surface area contributed by atoms with Gasteiger partial charge in [-0.25, -0.2) is 9.78 Å². The van der Waals surface area contributed by atoms with Crippen molar-refractivity contribution in [3.05, 3.63) is 82.3 Å². The second-order valence-electron chi connectivity index (χ2n) is 12.6. The van der Waals surface area contributed by atoms with E-state index in [-0.39, 0.29) is 23.4 Å². The number of carbonyl (C=O) groups is 1. The van der Waals surface area contributed by atoms with Crippen LogP contribution in [0.4, 0.5) is 16.2 Å². The van der Waals surface area contributed by atoms with Crippen molar-refractivity contribution in [3.8, 4) is 16.9 Å². The molecule has 240 valence electrons. The Morgan fingerprint density at radius 3 is 2.18 bits per heavy atom. The maximum Gasteiger partial charge on any atom is 0.326 e. The van der Waals surface area contributed by atoms with Crippen LogP contribution < -0.4 is 20.5 Å². The van der Waals surface area contributed by atoms with E-state index in [1.807, 2.05) is 30.3 Å². The van der Waals surface area contributed by atoms with Crippen LogP contribution in [0.2, 0.25) is 0 Å². The number of methoxy groups -OCH3 is 1. The molecule has 0 saturated heterocycles. The zero-order chi connectivity index (χ0) is 32.3. The van der Waals surface area contributed by atoms with Crippen molar-refractivity contribution in [1.82, 2.24) is 9.97 Å². The van der Waals surface area contributed by atoms with Gasteiger partial charge in [-0.2, -0.15) is 0 Å². The van der Waals surface area contributed by atoms with E-state index in [2.05, 4.69) is 68.1 Å². The van der Waals surface area contributed by atoms with Gasteiger partial charge in [0.15, 0.2) is 0 Å². The van der Waals surface area contributed by atoms with Crippen LogP contribution in [0.3, 0.4) is 0 Å². The van der Waals surface area contributed by atoms with Crippen LogP contribution in [-0.4, -0.2) is 29.7 Å². The summed E-state index contributed by atoms with van der Waals surface area (Å²) >= 11 is 0. The number of pyridine rings is 2. The first-order valence-electron chi connectivity index (χ1n) is 16.6. The molecule has 2 heterocycles. The van der Waals surface area contributed by atoms with E-state index in [4.69, 9.17) is 4.74 Å². The Morgan fingerprint density at radius 2 is 1.53 bits per heavy atom. The van der Waals surface area contributed by atoms with Crippen molar-refractivity contribution in [3.63, 3.8) is 0 Å². The molecule has 2 aromatic carbocycles. The molecular formula is C38H50N4O3. The Bertz CT molecular complexity index is 1600. The number of H-pyrrole nitrogens is 1. The van der Waals surface area contributed by atoms with Crippen LogP contribution in [0, 0.1) is 0 Å². The summed E-state index contributed by atoms with van der Waals surface area (Å²) in [5, 5.41) is 4.07. The number of fused-ring (bicyclic) bond motifs is 1. The first-order valence-corrected chi connectivity index (χ1v) is 16.6. The molecule has 7 heteroatoms. The molecule has 0 unspecified atom stereocenters. The lowest BCUT2D eigenvalue weighted by atomic mass is 9.88. The van der Waals surface area contributed by atoms with Crippen molar-refractivity contribution in [2.45, 2.75) is 97.8 Å². The molecule has 0 radical (unpaired) electrons. The predicted octanol–water partition coefficient (Wildman–Crippen LogP) is 10.0. The number of urea groups is 1. The molecule has 2 N–H and O–H groups in total. The number of aromatic nitrogens is 2. The van der Waals surface area contributed by atoms with Gasteiger partial charge in [0.1, 0.15) is 17.1 Å². The van der Waals surface area contributed by atoms with Gasteiger partial charge in [0.05, 0.1) is 7.11 Å². The molecule has 0 saturated carbocycles.